The van der Waals surface area contributed by atoms with Crippen molar-refractivity contribution in [3.63, 3.8) is 0 Å². The molecule has 0 bridgehead atoms. The molecule has 5 heteroatoms. The molecule has 0 aliphatic heterocycles. The van der Waals surface area contributed by atoms with E-state index in [0.29, 0.717) is 5.82 Å². The van der Waals surface area contributed by atoms with E-state index in [2.05, 4.69) is 21.0 Å². The number of hydrogen-bond acceptors (Lipinski definition) is 3. The van der Waals surface area contributed by atoms with Gasteiger partial charge in [-0.1, -0.05) is 34.1 Å². The minimum Gasteiger partial charge on any atom is -0.469 e. The Morgan fingerprint density at radius 2 is 2.00 bits per heavy atom. The number of halogens is 1. The van der Waals surface area contributed by atoms with E-state index in [0.717, 1.165) is 39.9 Å². The Kier molecular flexibility index (Phi) is 3.84. The van der Waals surface area contributed by atoms with Crippen molar-refractivity contribution in [1.29, 1.82) is 0 Å². The predicted octanol–water partition coefficient (Wildman–Crippen LogP) is 3.81. The molecular formula is C16H16BrN3O. The van der Waals surface area contributed by atoms with E-state index in [1.165, 1.54) is 0 Å². The lowest BCUT2D eigenvalue weighted by Gasteiger charge is -2.06. The van der Waals surface area contributed by atoms with Crippen LogP contribution in [0, 0.1) is 0 Å². The maximum atomic E-state index is 6.21. The van der Waals surface area contributed by atoms with Gasteiger partial charge in [-0.2, -0.15) is 5.10 Å². The van der Waals surface area contributed by atoms with E-state index in [4.69, 9.17) is 10.2 Å². The van der Waals surface area contributed by atoms with Crippen molar-refractivity contribution in [2.24, 2.45) is 7.05 Å². The third kappa shape index (κ3) is 2.74. The second kappa shape index (κ2) is 5.77. The number of furan rings is 1. The summed E-state index contributed by atoms with van der Waals surface area (Å²) in [6, 6.07) is 11.9. The van der Waals surface area contributed by atoms with Crippen LogP contribution in [-0.2, 0) is 19.9 Å². The van der Waals surface area contributed by atoms with Gasteiger partial charge in [0.2, 0.25) is 0 Å². The lowest BCUT2D eigenvalue weighted by molar-refractivity contribution is 0.507. The topological polar surface area (TPSA) is 57.0 Å². The Bertz CT molecular complexity index is 747. The van der Waals surface area contributed by atoms with Gasteiger partial charge in [-0.15, -0.1) is 0 Å². The molecule has 0 spiro atoms. The van der Waals surface area contributed by atoms with Gasteiger partial charge in [0.25, 0.3) is 0 Å². The number of nitrogens with zero attached hydrogens (tertiary/aromatic N) is 2. The predicted molar refractivity (Wildman–Crippen MR) is 86.9 cm³/mol. The quantitative estimate of drug-likeness (QED) is 0.782. The summed E-state index contributed by atoms with van der Waals surface area (Å²) in [6.07, 6.45) is 3.28. The van der Waals surface area contributed by atoms with E-state index in [9.17, 15) is 0 Å². The Labute approximate surface area is 131 Å². The summed E-state index contributed by atoms with van der Waals surface area (Å²) in [6.45, 7) is 0. The van der Waals surface area contributed by atoms with Crippen molar-refractivity contribution >= 4 is 21.7 Å². The standard InChI is InChI=1S/C16H16BrN3O/c1-20-16(18)15(12-6-2-3-7-13(12)17)14(19-20)9-8-11-5-4-10-21-11/h2-7,10H,8-9,18H2,1H3. The average Bonchev–Trinajstić information content (AvgIpc) is 3.08. The molecule has 0 amide bonds. The zero-order valence-corrected chi connectivity index (χ0v) is 13.3. The van der Waals surface area contributed by atoms with Crippen molar-refractivity contribution in [3.05, 3.63) is 58.6 Å². The summed E-state index contributed by atoms with van der Waals surface area (Å²) in [7, 11) is 1.87. The van der Waals surface area contributed by atoms with E-state index in [1.54, 1.807) is 10.9 Å². The number of benzene rings is 1. The highest BCUT2D eigenvalue weighted by atomic mass is 79.9. The highest BCUT2D eigenvalue weighted by Crippen LogP contribution is 2.35. The number of hydrogen-bond donors (Lipinski definition) is 1. The van der Waals surface area contributed by atoms with Crippen LogP contribution in [0.25, 0.3) is 11.1 Å². The van der Waals surface area contributed by atoms with Crippen molar-refractivity contribution in [2.75, 3.05) is 5.73 Å². The molecule has 3 aromatic rings. The molecule has 3 rings (SSSR count). The van der Waals surface area contributed by atoms with Gasteiger partial charge in [0, 0.05) is 29.1 Å². The Balaban J connectivity index is 1.98. The second-order valence-corrected chi connectivity index (χ2v) is 5.74. The Hall–Kier alpha value is -2.01. The van der Waals surface area contributed by atoms with E-state index < -0.39 is 0 Å². The lowest BCUT2D eigenvalue weighted by atomic mass is 10.0. The maximum Gasteiger partial charge on any atom is 0.129 e. The number of aryl methyl sites for hydroxylation is 3. The monoisotopic (exact) mass is 345 g/mol. The van der Waals surface area contributed by atoms with Gasteiger partial charge in [0.05, 0.1) is 12.0 Å². The van der Waals surface area contributed by atoms with E-state index in [-0.39, 0.29) is 0 Å². The molecule has 0 aliphatic rings. The van der Waals surface area contributed by atoms with Crippen molar-refractivity contribution in [1.82, 2.24) is 9.78 Å². The second-order valence-electron chi connectivity index (χ2n) is 4.89. The highest BCUT2D eigenvalue weighted by molar-refractivity contribution is 9.10. The van der Waals surface area contributed by atoms with Crippen LogP contribution in [-0.4, -0.2) is 9.78 Å². The van der Waals surface area contributed by atoms with Crippen LogP contribution < -0.4 is 5.73 Å². The van der Waals surface area contributed by atoms with Gasteiger partial charge in [0.1, 0.15) is 11.6 Å². The fourth-order valence-electron chi connectivity index (χ4n) is 2.42. The van der Waals surface area contributed by atoms with Crippen molar-refractivity contribution in [2.45, 2.75) is 12.8 Å². The number of nitrogen functional groups attached to an aromatic ring is 1. The molecule has 0 radical (unpaired) electrons. The lowest BCUT2D eigenvalue weighted by Crippen LogP contribution is -1.98. The van der Waals surface area contributed by atoms with Gasteiger partial charge < -0.3 is 10.2 Å². The molecule has 0 unspecified atom stereocenters. The SMILES string of the molecule is Cn1nc(CCc2ccco2)c(-c2ccccc2Br)c1N. The number of nitrogens with two attached hydrogens (primary N) is 1. The molecule has 4 nitrogen and oxygen atoms in total. The summed E-state index contributed by atoms with van der Waals surface area (Å²) in [5.74, 6) is 1.63. The van der Waals surface area contributed by atoms with Crippen LogP contribution in [0.4, 0.5) is 5.82 Å². The summed E-state index contributed by atoms with van der Waals surface area (Å²) < 4.78 is 8.13. The van der Waals surface area contributed by atoms with Crippen LogP contribution in [0.3, 0.4) is 0 Å². The molecule has 108 valence electrons. The molecular weight excluding hydrogens is 330 g/mol. The minimum absolute atomic E-state index is 0.677. The third-order valence-corrected chi connectivity index (χ3v) is 4.19. The molecule has 2 N–H and O–H groups in total. The van der Waals surface area contributed by atoms with Gasteiger partial charge in [-0.05, 0) is 24.6 Å². The van der Waals surface area contributed by atoms with Gasteiger partial charge >= 0.3 is 0 Å². The smallest absolute Gasteiger partial charge is 0.129 e. The number of rotatable bonds is 4. The van der Waals surface area contributed by atoms with Gasteiger partial charge in [0.15, 0.2) is 0 Å². The third-order valence-electron chi connectivity index (χ3n) is 3.50. The maximum absolute atomic E-state index is 6.21. The van der Waals surface area contributed by atoms with Gasteiger partial charge in [-0.25, -0.2) is 0 Å². The van der Waals surface area contributed by atoms with E-state index >= 15 is 0 Å². The molecule has 2 heterocycles. The molecule has 21 heavy (non-hydrogen) atoms. The van der Waals surface area contributed by atoms with E-state index in [1.807, 2.05) is 43.4 Å². The Morgan fingerprint density at radius 1 is 1.19 bits per heavy atom. The number of anilines is 1. The fraction of sp³-hybridized carbons (Fsp3) is 0.188. The molecule has 0 atom stereocenters. The first-order chi connectivity index (χ1) is 10.2. The summed E-state index contributed by atoms with van der Waals surface area (Å²) in [5, 5.41) is 4.56. The number of aromatic nitrogens is 2. The summed E-state index contributed by atoms with van der Waals surface area (Å²) >= 11 is 3.59. The zero-order chi connectivity index (χ0) is 14.8. The fourth-order valence-corrected chi connectivity index (χ4v) is 2.91. The molecule has 0 saturated carbocycles. The molecule has 0 saturated heterocycles. The molecule has 0 aliphatic carbocycles. The highest BCUT2D eigenvalue weighted by Gasteiger charge is 2.17. The van der Waals surface area contributed by atoms with Crippen LogP contribution in [0.5, 0.6) is 0 Å². The first kappa shape index (κ1) is 13.9. The zero-order valence-electron chi connectivity index (χ0n) is 11.7. The summed E-state index contributed by atoms with van der Waals surface area (Å²) in [4.78, 5) is 0. The Morgan fingerprint density at radius 3 is 2.71 bits per heavy atom. The summed E-state index contributed by atoms with van der Waals surface area (Å²) in [5.41, 5.74) is 9.26. The minimum atomic E-state index is 0.677. The van der Waals surface area contributed by atoms with Crippen LogP contribution >= 0.6 is 15.9 Å². The van der Waals surface area contributed by atoms with Crippen molar-refractivity contribution < 1.29 is 4.42 Å². The average molecular weight is 346 g/mol. The largest absolute Gasteiger partial charge is 0.469 e. The van der Waals surface area contributed by atoms with Crippen LogP contribution in [0.2, 0.25) is 0 Å². The first-order valence-electron chi connectivity index (χ1n) is 6.75. The van der Waals surface area contributed by atoms with Crippen LogP contribution in [0.15, 0.2) is 51.6 Å². The van der Waals surface area contributed by atoms with Crippen LogP contribution in [0.1, 0.15) is 11.5 Å². The molecule has 2 aromatic heterocycles. The first-order valence-corrected chi connectivity index (χ1v) is 7.54. The van der Waals surface area contributed by atoms with Crippen molar-refractivity contribution in [3.8, 4) is 11.1 Å². The van der Waals surface area contributed by atoms with Gasteiger partial charge in [-0.3, -0.25) is 4.68 Å². The molecule has 0 fully saturated rings. The molecule has 1 aromatic carbocycles. The normalized spacial score (nSPS) is 11.0.